The highest BCUT2D eigenvalue weighted by Crippen LogP contribution is 2.24. The molecule has 0 spiro atoms. The summed E-state index contributed by atoms with van der Waals surface area (Å²) in [6.45, 7) is 0.312. The van der Waals surface area contributed by atoms with Crippen LogP contribution in [0.1, 0.15) is 29.8 Å². The Morgan fingerprint density at radius 3 is 2.83 bits per heavy atom. The summed E-state index contributed by atoms with van der Waals surface area (Å²) in [6, 6.07) is 5.92. The van der Waals surface area contributed by atoms with E-state index >= 15 is 0 Å². The van der Waals surface area contributed by atoms with Crippen molar-refractivity contribution in [1.29, 1.82) is 0 Å². The molecule has 0 N–H and O–H groups in total. The quantitative estimate of drug-likeness (QED) is 0.862. The third-order valence-corrected chi connectivity index (χ3v) is 4.23. The minimum atomic E-state index is -2.56. The van der Waals surface area contributed by atoms with E-state index in [-0.39, 0.29) is 5.69 Å². The van der Waals surface area contributed by atoms with Crippen molar-refractivity contribution in [2.24, 2.45) is 0 Å². The second kappa shape index (κ2) is 6.62. The fourth-order valence-corrected chi connectivity index (χ4v) is 2.96. The van der Waals surface area contributed by atoms with E-state index in [2.05, 4.69) is 10.3 Å². The molecule has 2 heterocycles. The number of alkyl halides is 2. The molecule has 1 aromatic heterocycles. The molecule has 5 nitrogen and oxygen atoms in total. The van der Waals surface area contributed by atoms with Crippen molar-refractivity contribution in [3.8, 4) is 5.69 Å². The van der Waals surface area contributed by atoms with Crippen molar-refractivity contribution in [3.63, 3.8) is 0 Å². The SMILES string of the molecule is O=C(c1cn(-c2ccccc2Cl)nn1)N1CCCCC1C(F)F. The van der Waals surface area contributed by atoms with Crippen molar-refractivity contribution < 1.29 is 13.6 Å². The molecule has 3 rings (SSSR count). The fourth-order valence-electron chi connectivity index (χ4n) is 2.74. The van der Waals surface area contributed by atoms with Gasteiger partial charge in [-0.1, -0.05) is 28.9 Å². The Labute approximate surface area is 136 Å². The van der Waals surface area contributed by atoms with Gasteiger partial charge in [0.1, 0.15) is 0 Å². The number of benzene rings is 1. The number of likely N-dealkylation sites (tertiary alicyclic amines) is 1. The Hall–Kier alpha value is -2.02. The highest BCUT2D eigenvalue weighted by Gasteiger charge is 2.34. The number of carbonyl (C=O) groups is 1. The molecule has 1 fully saturated rings. The van der Waals surface area contributed by atoms with Crippen LogP contribution in [0.2, 0.25) is 5.02 Å². The summed E-state index contributed by atoms with van der Waals surface area (Å²) in [5.41, 5.74) is 0.613. The van der Waals surface area contributed by atoms with Crippen molar-refractivity contribution in [3.05, 3.63) is 41.2 Å². The minimum Gasteiger partial charge on any atom is -0.328 e. The summed E-state index contributed by atoms with van der Waals surface area (Å²) >= 11 is 6.08. The van der Waals surface area contributed by atoms with Gasteiger partial charge in [-0.3, -0.25) is 4.79 Å². The molecule has 1 amide bonds. The zero-order valence-electron chi connectivity index (χ0n) is 12.2. The van der Waals surface area contributed by atoms with Crippen LogP contribution in [-0.4, -0.2) is 44.8 Å². The normalized spacial score (nSPS) is 18.4. The monoisotopic (exact) mass is 340 g/mol. The van der Waals surface area contributed by atoms with Gasteiger partial charge in [0.2, 0.25) is 0 Å². The molecule has 8 heteroatoms. The number of rotatable bonds is 3. The van der Waals surface area contributed by atoms with Gasteiger partial charge in [-0.25, -0.2) is 13.5 Å². The average Bonchev–Trinajstić information content (AvgIpc) is 3.04. The van der Waals surface area contributed by atoms with Crippen LogP contribution >= 0.6 is 11.6 Å². The molecular weight excluding hydrogens is 326 g/mol. The molecule has 1 atom stereocenters. The van der Waals surface area contributed by atoms with Crippen LogP contribution in [0.15, 0.2) is 30.5 Å². The molecule has 1 unspecified atom stereocenters. The Morgan fingerprint density at radius 2 is 2.09 bits per heavy atom. The maximum atomic E-state index is 13.1. The van der Waals surface area contributed by atoms with Gasteiger partial charge in [0, 0.05) is 6.54 Å². The van der Waals surface area contributed by atoms with E-state index in [0.717, 1.165) is 0 Å². The molecule has 1 saturated heterocycles. The second-order valence-corrected chi connectivity index (χ2v) is 5.80. The predicted octanol–water partition coefficient (Wildman–Crippen LogP) is 3.18. The van der Waals surface area contributed by atoms with E-state index in [4.69, 9.17) is 11.6 Å². The first-order valence-corrected chi connectivity index (χ1v) is 7.72. The highest BCUT2D eigenvalue weighted by atomic mass is 35.5. The molecule has 0 aliphatic carbocycles. The number of amides is 1. The van der Waals surface area contributed by atoms with Gasteiger partial charge in [0.15, 0.2) is 5.69 Å². The van der Waals surface area contributed by atoms with Gasteiger partial charge in [-0.15, -0.1) is 5.10 Å². The maximum absolute atomic E-state index is 13.1. The number of hydrogen-bond donors (Lipinski definition) is 0. The Morgan fingerprint density at radius 1 is 1.30 bits per heavy atom. The fraction of sp³-hybridized carbons (Fsp3) is 0.400. The number of nitrogens with zero attached hydrogens (tertiary/aromatic N) is 4. The van der Waals surface area contributed by atoms with Gasteiger partial charge < -0.3 is 4.90 Å². The third kappa shape index (κ3) is 3.19. The largest absolute Gasteiger partial charge is 0.328 e. The number of hydrogen-bond acceptors (Lipinski definition) is 3. The Bertz CT molecular complexity index is 706. The Balaban J connectivity index is 1.85. The van der Waals surface area contributed by atoms with E-state index in [9.17, 15) is 13.6 Å². The Kier molecular flexibility index (Phi) is 4.56. The van der Waals surface area contributed by atoms with Crippen molar-refractivity contribution >= 4 is 17.5 Å². The van der Waals surface area contributed by atoms with Crippen LogP contribution in [-0.2, 0) is 0 Å². The summed E-state index contributed by atoms with van der Waals surface area (Å²) in [5, 5.41) is 8.16. The van der Waals surface area contributed by atoms with Gasteiger partial charge in [0.25, 0.3) is 12.3 Å². The van der Waals surface area contributed by atoms with Crippen LogP contribution in [0.5, 0.6) is 0 Å². The van der Waals surface area contributed by atoms with Crippen LogP contribution in [0.4, 0.5) is 8.78 Å². The van der Waals surface area contributed by atoms with E-state index in [1.807, 2.05) is 0 Å². The molecule has 0 bridgehead atoms. The highest BCUT2D eigenvalue weighted by molar-refractivity contribution is 6.32. The molecule has 23 heavy (non-hydrogen) atoms. The summed E-state index contributed by atoms with van der Waals surface area (Å²) in [5.74, 6) is -0.520. The van der Waals surface area contributed by atoms with Gasteiger partial charge >= 0.3 is 0 Å². The summed E-state index contributed by atoms with van der Waals surface area (Å²) in [7, 11) is 0. The number of piperidine rings is 1. The van der Waals surface area contributed by atoms with Gasteiger partial charge in [-0.05, 0) is 31.4 Å². The summed E-state index contributed by atoms with van der Waals surface area (Å²) in [6.07, 6.45) is 0.583. The number of carbonyl (C=O) groups excluding carboxylic acids is 1. The molecule has 1 aromatic carbocycles. The first-order chi connectivity index (χ1) is 11.1. The van der Waals surface area contributed by atoms with Gasteiger partial charge in [0.05, 0.1) is 22.9 Å². The number of aromatic nitrogens is 3. The topological polar surface area (TPSA) is 51.0 Å². The molecule has 1 aliphatic heterocycles. The predicted molar refractivity (Wildman–Crippen MR) is 81.0 cm³/mol. The lowest BCUT2D eigenvalue weighted by atomic mass is 10.0. The third-order valence-electron chi connectivity index (χ3n) is 3.91. The molecule has 122 valence electrons. The molecule has 0 radical (unpaired) electrons. The van der Waals surface area contributed by atoms with E-state index < -0.39 is 18.4 Å². The lowest BCUT2D eigenvalue weighted by molar-refractivity contribution is 0.00650. The minimum absolute atomic E-state index is 0.0393. The van der Waals surface area contributed by atoms with Crippen LogP contribution in [0.3, 0.4) is 0 Å². The maximum Gasteiger partial charge on any atom is 0.276 e. The van der Waals surface area contributed by atoms with Crippen molar-refractivity contribution in [2.75, 3.05) is 6.54 Å². The standard InChI is InChI=1S/C15H15ClF2N4O/c16-10-5-1-2-6-12(10)22-9-11(19-20-22)15(23)21-8-4-3-7-13(21)14(17)18/h1-2,5-6,9,13-14H,3-4,7-8H2. The van der Waals surface area contributed by atoms with Gasteiger partial charge in [-0.2, -0.15) is 0 Å². The first kappa shape index (κ1) is 15.9. The first-order valence-electron chi connectivity index (χ1n) is 7.34. The number of halogens is 3. The smallest absolute Gasteiger partial charge is 0.276 e. The zero-order valence-corrected chi connectivity index (χ0v) is 13.0. The van der Waals surface area contributed by atoms with Crippen LogP contribution in [0.25, 0.3) is 5.69 Å². The van der Waals surface area contributed by atoms with Crippen molar-refractivity contribution in [2.45, 2.75) is 31.7 Å². The number of para-hydroxylation sites is 1. The molecular formula is C15H15ClF2N4O. The van der Waals surface area contributed by atoms with E-state index in [0.29, 0.717) is 36.5 Å². The molecule has 0 saturated carbocycles. The average molecular weight is 341 g/mol. The lowest BCUT2D eigenvalue weighted by Gasteiger charge is -2.34. The summed E-state index contributed by atoms with van der Waals surface area (Å²) in [4.78, 5) is 13.7. The second-order valence-electron chi connectivity index (χ2n) is 5.40. The van der Waals surface area contributed by atoms with E-state index in [1.54, 1.807) is 24.3 Å². The van der Waals surface area contributed by atoms with Crippen LogP contribution in [0, 0.1) is 0 Å². The zero-order chi connectivity index (χ0) is 16.4. The summed E-state index contributed by atoms with van der Waals surface area (Å²) < 4.78 is 27.6. The molecule has 2 aromatic rings. The lowest BCUT2D eigenvalue weighted by Crippen LogP contribution is -2.47. The molecule has 1 aliphatic rings. The van der Waals surface area contributed by atoms with E-state index in [1.165, 1.54) is 15.8 Å². The van der Waals surface area contributed by atoms with Crippen LogP contribution < -0.4 is 0 Å². The van der Waals surface area contributed by atoms with Crippen molar-refractivity contribution in [1.82, 2.24) is 19.9 Å².